The second-order valence-corrected chi connectivity index (χ2v) is 8.27. The average molecular weight is 416 g/mol. The predicted molar refractivity (Wildman–Crippen MR) is 118 cm³/mol. The van der Waals surface area contributed by atoms with Crippen LogP contribution >= 0.6 is 11.8 Å². The van der Waals surface area contributed by atoms with E-state index < -0.39 is 0 Å². The highest BCUT2D eigenvalue weighted by atomic mass is 32.2. The zero-order valence-electron chi connectivity index (χ0n) is 16.4. The maximum atomic E-state index is 12.7. The first kappa shape index (κ1) is 18.8. The Bertz CT molecular complexity index is 1190. The summed E-state index contributed by atoms with van der Waals surface area (Å²) in [6.45, 7) is 0. The lowest BCUT2D eigenvalue weighted by atomic mass is 9.88. The fraction of sp³-hybridized carbons (Fsp3) is 0.217. The molecule has 1 amide bonds. The molecule has 0 bridgehead atoms. The van der Waals surface area contributed by atoms with Crippen molar-refractivity contribution in [2.45, 2.75) is 30.3 Å². The molecule has 0 aliphatic heterocycles. The van der Waals surface area contributed by atoms with Crippen molar-refractivity contribution >= 4 is 28.7 Å². The summed E-state index contributed by atoms with van der Waals surface area (Å²) in [6.07, 6.45) is 6.46. The maximum absolute atomic E-state index is 12.7. The molecule has 2 aromatic carbocycles. The molecule has 1 aliphatic carbocycles. The Hall–Kier alpha value is -3.19. The van der Waals surface area contributed by atoms with Gasteiger partial charge in [-0.2, -0.15) is 5.10 Å². The van der Waals surface area contributed by atoms with Crippen LogP contribution in [0.2, 0.25) is 0 Å². The first-order valence-corrected chi connectivity index (χ1v) is 11.0. The number of aromatic nitrogens is 4. The van der Waals surface area contributed by atoms with Crippen LogP contribution < -0.4 is 5.32 Å². The highest BCUT2D eigenvalue weighted by molar-refractivity contribution is 8.00. The molecule has 30 heavy (non-hydrogen) atoms. The molecule has 4 aromatic rings. The van der Waals surface area contributed by atoms with Crippen LogP contribution in [-0.4, -0.2) is 31.4 Å². The third-order valence-electron chi connectivity index (χ3n) is 5.37. The van der Waals surface area contributed by atoms with Crippen LogP contribution in [0.5, 0.6) is 0 Å². The highest BCUT2D eigenvalue weighted by Crippen LogP contribution is 2.30. The highest BCUT2D eigenvalue weighted by Gasteiger charge is 2.21. The van der Waals surface area contributed by atoms with Gasteiger partial charge in [0.05, 0.1) is 29.1 Å². The summed E-state index contributed by atoms with van der Waals surface area (Å²) in [5.74, 6) is 0.324. The second kappa shape index (κ2) is 8.28. The van der Waals surface area contributed by atoms with Gasteiger partial charge in [-0.1, -0.05) is 54.2 Å². The summed E-state index contributed by atoms with van der Waals surface area (Å²) < 4.78 is 1.79. The van der Waals surface area contributed by atoms with E-state index in [4.69, 9.17) is 0 Å². The zero-order valence-corrected chi connectivity index (χ0v) is 17.2. The minimum absolute atomic E-state index is 0.0175. The van der Waals surface area contributed by atoms with Gasteiger partial charge in [0, 0.05) is 0 Å². The van der Waals surface area contributed by atoms with E-state index in [1.54, 1.807) is 10.9 Å². The summed E-state index contributed by atoms with van der Waals surface area (Å²) >= 11 is 1.42. The van der Waals surface area contributed by atoms with Crippen molar-refractivity contribution in [3.63, 3.8) is 0 Å². The monoisotopic (exact) mass is 415 g/mol. The molecule has 0 fully saturated rings. The second-order valence-electron chi connectivity index (χ2n) is 7.31. The Morgan fingerprint density at radius 3 is 2.83 bits per heavy atom. The van der Waals surface area contributed by atoms with Crippen LogP contribution in [0.3, 0.4) is 0 Å². The molecule has 2 heterocycles. The van der Waals surface area contributed by atoms with Gasteiger partial charge in [-0.05, 0) is 42.5 Å². The molecule has 6 nitrogen and oxygen atoms in total. The summed E-state index contributed by atoms with van der Waals surface area (Å²) in [4.78, 5) is 21.4. The molecule has 1 N–H and O–H groups in total. The third kappa shape index (κ3) is 3.68. The van der Waals surface area contributed by atoms with Crippen molar-refractivity contribution in [1.29, 1.82) is 0 Å². The Kier molecular flexibility index (Phi) is 5.19. The van der Waals surface area contributed by atoms with Gasteiger partial charge in [-0.25, -0.2) is 14.6 Å². The van der Waals surface area contributed by atoms with Gasteiger partial charge in [0.15, 0.2) is 5.65 Å². The Labute approximate surface area is 178 Å². The fourth-order valence-electron chi connectivity index (χ4n) is 3.97. The van der Waals surface area contributed by atoms with Crippen LogP contribution in [0, 0.1) is 0 Å². The van der Waals surface area contributed by atoms with E-state index in [1.807, 2.05) is 36.4 Å². The number of amides is 1. The number of carbonyl (C=O) groups is 1. The summed E-state index contributed by atoms with van der Waals surface area (Å²) in [7, 11) is 0. The van der Waals surface area contributed by atoms with Crippen LogP contribution in [0.25, 0.3) is 16.7 Å². The van der Waals surface area contributed by atoms with Crippen LogP contribution in [0.4, 0.5) is 0 Å². The van der Waals surface area contributed by atoms with Crippen molar-refractivity contribution in [2.24, 2.45) is 0 Å². The Morgan fingerprint density at radius 2 is 1.93 bits per heavy atom. The number of benzene rings is 2. The Balaban J connectivity index is 1.30. The van der Waals surface area contributed by atoms with Gasteiger partial charge in [-0.15, -0.1) is 0 Å². The zero-order chi connectivity index (χ0) is 20.3. The van der Waals surface area contributed by atoms with Crippen molar-refractivity contribution < 1.29 is 4.79 Å². The number of carbonyl (C=O) groups excluding carboxylic acids is 1. The molecule has 0 saturated carbocycles. The van der Waals surface area contributed by atoms with Crippen LogP contribution in [-0.2, 0) is 11.2 Å². The number of nitrogens with one attached hydrogen (secondary N) is 1. The SMILES string of the molecule is O=C(CSc1ncnc2c1cnn2-c1ccccc1)N[C@@H]1CCCc2ccccc21. The molecule has 2 aromatic heterocycles. The first-order chi connectivity index (χ1) is 14.8. The van der Waals surface area contributed by atoms with Gasteiger partial charge in [0.2, 0.25) is 5.91 Å². The summed E-state index contributed by atoms with van der Waals surface area (Å²) in [6, 6.07) is 18.3. The van der Waals surface area contributed by atoms with Gasteiger partial charge >= 0.3 is 0 Å². The number of thioether (sulfide) groups is 1. The van der Waals surface area contributed by atoms with Crippen LogP contribution in [0.15, 0.2) is 72.1 Å². The number of para-hydroxylation sites is 1. The molecule has 0 spiro atoms. The maximum Gasteiger partial charge on any atom is 0.230 e. The lowest BCUT2D eigenvalue weighted by Crippen LogP contribution is -2.32. The number of fused-ring (bicyclic) bond motifs is 2. The average Bonchev–Trinajstić information content (AvgIpc) is 3.23. The van der Waals surface area contributed by atoms with Crippen molar-refractivity contribution in [2.75, 3.05) is 5.75 Å². The fourth-order valence-corrected chi connectivity index (χ4v) is 4.74. The van der Waals surface area contributed by atoms with E-state index in [0.717, 1.165) is 41.0 Å². The first-order valence-electron chi connectivity index (χ1n) is 10.0. The van der Waals surface area contributed by atoms with E-state index in [0.29, 0.717) is 5.75 Å². The number of nitrogens with zero attached hydrogens (tertiary/aromatic N) is 4. The summed E-state index contributed by atoms with van der Waals surface area (Å²) in [5, 5.41) is 9.29. The number of hydrogen-bond donors (Lipinski definition) is 1. The van der Waals surface area contributed by atoms with E-state index in [-0.39, 0.29) is 11.9 Å². The number of aryl methyl sites for hydroxylation is 1. The topological polar surface area (TPSA) is 72.7 Å². The standard InChI is InChI=1S/C23H21N5OS/c29-21(27-20-12-6-8-16-7-4-5-11-18(16)20)14-30-23-19-13-26-28(22(19)24-15-25-23)17-9-2-1-3-10-17/h1-5,7,9-11,13,15,20H,6,8,12,14H2,(H,27,29)/t20-/m1/s1. The number of rotatable bonds is 5. The van der Waals surface area contributed by atoms with Gasteiger partial charge in [-0.3, -0.25) is 4.79 Å². The van der Waals surface area contributed by atoms with Crippen LogP contribution in [0.1, 0.15) is 30.0 Å². The van der Waals surface area contributed by atoms with Gasteiger partial charge in [0.1, 0.15) is 11.4 Å². The molecular weight excluding hydrogens is 394 g/mol. The summed E-state index contributed by atoms with van der Waals surface area (Å²) in [5.41, 5.74) is 4.26. The normalized spacial score (nSPS) is 15.7. The van der Waals surface area contributed by atoms with Crippen molar-refractivity contribution in [3.8, 4) is 5.69 Å². The van der Waals surface area contributed by atoms with Crippen molar-refractivity contribution in [1.82, 2.24) is 25.1 Å². The minimum Gasteiger partial charge on any atom is -0.349 e. The predicted octanol–water partition coefficient (Wildman–Crippen LogP) is 4.10. The Morgan fingerprint density at radius 1 is 1.10 bits per heavy atom. The molecule has 1 atom stereocenters. The molecule has 5 rings (SSSR count). The molecule has 7 heteroatoms. The molecule has 0 unspecified atom stereocenters. The molecule has 1 aliphatic rings. The third-order valence-corrected chi connectivity index (χ3v) is 6.38. The van der Waals surface area contributed by atoms with E-state index in [1.165, 1.54) is 29.2 Å². The molecule has 0 saturated heterocycles. The van der Waals surface area contributed by atoms with E-state index in [9.17, 15) is 4.79 Å². The minimum atomic E-state index is 0.0175. The quantitative estimate of drug-likeness (QED) is 0.392. The van der Waals surface area contributed by atoms with Crippen molar-refractivity contribution in [3.05, 3.63) is 78.2 Å². The lowest BCUT2D eigenvalue weighted by molar-refractivity contribution is -0.119. The number of hydrogen-bond acceptors (Lipinski definition) is 5. The molecule has 150 valence electrons. The smallest absolute Gasteiger partial charge is 0.230 e. The molecule has 0 radical (unpaired) electrons. The largest absolute Gasteiger partial charge is 0.349 e. The molecular formula is C23H21N5OS. The van der Waals surface area contributed by atoms with E-state index in [2.05, 4.69) is 38.6 Å². The van der Waals surface area contributed by atoms with Gasteiger partial charge < -0.3 is 5.32 Å². The lowest BCUT2D eigenvalue weighted by Gasteiger charge is -2.26. The van der Waals surface area contributed by atoms with Gasteiger partial charge in [0.25, 0.3) is 0 Å². The van der Waals surface area contributed by atoms with E-state index >= 15 is 0 Å².